The molecule has 0 radical (unpaired) electrons. The lowest BCUT2D eigenvalue weighted by Crippen LogP contribution is -2.04. The first-order valence-corrected chi connectivity index (χ1v) is 6.06. The predicted octanol–water partition coefficient (Wildman–Crippen LogP) is 3.93. The zero-order valence-corrected chi connectivity index (χ0v) is 10.9. The summed E-state index contributed by atoms with van der Waals surface area (Å²) < 4.78 is 26.2. The quantitative estimate of drug-likeness (QED) is 0.899. The molecule has 0 aliphatic heterocycles. The maximum Gasteiger partial charge on any atom is 0.337 e. The average Bonchev–Trinajstić information content (AvgIpc) is 2.39. The first-order valence-electron chi connectivity index (χ1n) is 5.68. The lowest BCUT2D eigenvalue weighted by molar-refractivity contribution is 0.0697. The van der Waals surface area contributed by atoms with Crippen LogP contribution in [0.25, 0.3) is 0 Å². The van der Waals surface area contributed by atoms with Crippen LogP contribution in [0.3, 0.4) is 0 Å². The topological polar surface area (TPSA) is 49.3 Å². The van der Waals surface area contributed by atoms with Crippen molar-refractivity contribution in [2.45, 2.75) is 6.54 Å². The van der Waals surface area contributed by atoms with Gasteiger partial charge in [0.1, 0.15) is 11.6 Å². The number of carboxylic acids is 1. The van der Waals surface area contributed by atoms with Gasteiger partial charge in [-0.3, -0.25) is 0 Å². The molecule has 20 heavy (non-hydrogen) atoms. The van der Waals surface area contributed by atoms with Crippen molar-refractivity contribution in [3.05, 3.63) is 64.2 Å². The molecule has 0 aliphatic carbocycles. The SMILES string of the molecule is O=C(O)c1cc(NCc2ccc(F)cc2F)ccc1Cl. The van der Waals surface area contributed by atoms with Gasteiger partial charge in [-0.05, 0) is 24.3 Å². The normalized spacial score (nSPS) is 10.3. The van der Waals surface area contributed by atoms with Crippen molar-refractivity contribution in [2.75, 3.05) is 5.32 Å². The number of rotatable bonds is 4. The molecule has 0 unspecified atom stereocenters. The van der Waals surface area contributed by atoms with E-state index in [1.807, 2.05) is 0 Å². The van der Waals surface area contributed by atoms with Crippen LogP contribution in [-0.4, -0.2) is 11.1 Å². The van der Waals surface area contributed by atoms with Crippen LogP contribution in [0.2, 0.25) is 5.02 Å². The molecule has 0 amide bonds. The zero-order valence-electron chi connectivity index (χ0n) is 10.2. The highest BCUT2D eigenvalue weighted by atomic mass is 35.5. The number of hydrogen-bond acceptors (Lipinski definition) is 2. The smallest absolute Gasteiger partial charge is 0.337 e. The van der Waals surface area contributed by atoms with E-state index in [2.05, 4.69) is 5.32 Å². The van der Waals surface area contributed by atoms with Crippen molar-refractivity contribution in [1.29, 1.82) is 0 Å². The maximum atomic E-state index is 13.4. The van der Waals surface area contributed by atoms with Crippen molar-refractivity contribution in [1.82, 2.24) is 0 Å². The molecule has 2 aromatic rings. The highest BCUT2D eigenvalue weighted by Gasteiger charge is 2.10. The lowest BCUT2D eigenvalue weighted by Gasteiger charge is -2.09. The van der Waals surface area contributed by atoms with Gasteiger partial charge in [0.15, 0.2) is 0 Å². The maximum absolute atomic E-state index is 13.4. The molecule has 0 aliphatic rings. The standard InChI is InChI=1S/C14H10ClF2NO2/c15-12-4-3-10(6-11(12)14(19)20)18-7-8-1-2-9(16)5-13(8)17/h1-6,18H,7H2,(H,19,20). The van der Waals surface area contributed by atoms with Crippen LogP contribution in [0.5, 0.6) is 0 Å². The molecule has 0 saturated carbocycles. The number of halogens is 3. The Balaban J connectivity index is 2.15. The van der Waals surface area contributed by atoms with Crippen LogP contribution in [0.1, 0.15) is 15.9 Å². The Morgan fingerprint density at radius 2 is 1.95 bits per heavy atom. The summed E-state index contributed by atoms with van der Waals surface area (Å²) in [6.07, 6.45) is 0. The molecule has 0 aromatic heterocycles. The molecule has 0 heterocycles. The number of anilines is 1. The molecule has 3 nitrogen and oxygen atoms in total. The van der Waals surface area contributed by atoms with Crippen LogP contribution in [0.4, 0.5) is 14.5 Å². The minimum absolute atomic E-state index is 0.0451. The van der Waals surface area contributed by atoms with E-state index in [1.54, 1.807) is 6.07 Å². The molecule has 0 fully saturated rings. The molecular formula is C14H10ClF2NO2. The first-order chi connectivity index (χ1) is 9.47. The van der Waals surface area contributed by atoms with Gasteiger partial charge in [-0.2, -0.15) is 0 Å². The van der Waals surface area contributed by atoms with Gasteiger partial charge in [-0.15, -0.1) is 0 Å². The highest BCUT2D eigenvalue weighted by molar-refractivity contribution is 6.33. The van der Waals surface area contributed by atoms with Gasteiger partial charge in [0, 0.05) is 23.9 Å². The van der Waals surface area contributed by atoms with Crippen LogP contribution >= 0.6 is 11.6 Å². The molecule has 0 bridgehead atoms. The summed E-state index contributed by atoms with van der Waals surface area (Å²) in [5.41, 5.74) is 0.713. The average molecular weight is 298 g/mol. The summed E-state index contributed by atoms with van der Waals surface area (Å²) in [6, 6.07) is 7.65. The molecule has 2 aromatic carbocycles. The Kier molecular flexibility index (Phi) is 4.20. The van der Waals surface area contributed by atoms with Gasteiger partial charge in [0.05, 0.1) is 10.6 Å². The Hall–Kier alpha value is -2.14. The van der Waals surface area contributed by atoms with E-state index in [0.717, 1.165) is 12.1 Å². The molecule has 2 N–H and O–H groups in total. The fourth-order valence-corrected chi connectivity index (χ4v) is 1.86. The second-order valence-electron chi connectivity index (χ2n) is 4.09. The number of hydrogen-bond donors (Lipinski definition) is 2. The molecule has 0 saturated heterocycles. The van der Waals surface area contributed by atoms with Crippen LogP contribution < -0.4 is 5.32 Å². The van der Waals surface area contributed by atoms with Crippen molar-refractivity contribution in [2.24, 2.45) is 0 Å². The molecular weight excluding hydrogens is 288 g/mol. The Labute approximate surface area is 118 Å². The number of nitrogens with one attached hydrogen (secondary N) is 1. The van der Waals surface area contributed by atoms with Crippen molar-refractivity contribution in [3.63, 3.8) is 0 Å². The molecule has 104 valence electrons. The number of aromatic carboxylic acids is 1. The second-order valence-corrected chi connectivity index (χ2v) is 4.50. The summed E-state index contributed by atoms with van der Waals surface area (Å²) in [5.74, 6) is -2.46. The number of carboxylic acid groups (broad SMARTS) is 1. The summed E-state index contributed by atoms with van der Waals surface area (Å²) in [5, 5.41) is 11.9. The van der Waals surface area contributed by atoms with E-state index in [-0.39, 0.29) is 22.7 Å². The molecule has 2 rings (SSSR count). The van der Waals surface area contributed by atoms with Crippen molar-refractivity contribution >= 4 is 23.3 Å². The van der Waals surface area contributed by atoms with E-state index < -0.39 is 17.6 Å². The van der Waals surface area contributed by atoms with Gasteiger partial charge in [-0.1, -0.05) is 17.7 Å². The monoisotopic (exact) mass is 297 g/mol. The van der Waals surface area contributed by atoms with Gasteiger partial charge in [-0.25, -0.2) is 13.6 Å². The van der Waals surface area contributed by atoms with E-state index in [0.29, 0.717) is 5.69 Å². The minimum Gasteiger partial charge on any atom is -0.478 e. The molecule has 0 spiro atoms. The highest BCUT2D eigenvalue weighted by Crippen LogP contribution is 2.21. The summed E-state index contributed by atoms with van der Waals surface area (Å²) >= 11 is 5.74. The predicted molar refractivity (Wildman–Crippen MR) is 72.1 cm³/mol. The van der Waals surface area contributed by atoms with Gasteiger partial charge in [0.25, 0.3) is 0 Å². The van der Waals surface area contributed by atoms with Crippen LogP contribution in [-0.2, 0) is 6.54 Å². The molecule has 0 atom stereocenters. The summed E-state index contributed by atoms with van der Waals surface area (Å²) in [4.78, 5) is 10.9. The third kappa shape index (κ3) is 3.24. The number of benzene rings is 2. The van der Waals surface area contributed by atoms with Crippen LogP contribution in [0.15, 0.2) is 36.4 Å². The third-order valence-electron chi connectivity index (χ3n) is 2.69. The van der Waals surface area contributed by atoms with Crippen molar-refractivity contribution in [3.8, 4) is 0 Å². The lowest BCUT2D eigenvalue weighted by atomic mass is 10.1. The van der Waals surface area contributed by atoms with Gasteiger partial charge < -0.3 is 10.4 Å². The molecule has 6 heteroatoms. The van der Waals surface area contributed by atoms with Gasteiger partial charge in [0.2, 0.25) is 0 Å². The van der Waals surface area contributed by atoms with E-state index >= 15 is 0 Å². The Morgan fingerprint density at radius 3 is 2.60 bits per heavy atom. The van der Waals surface area contributed by atoms with E-state index in [1.165, 1.54) is 18.2 Å². The number of carbonyl (C=O) groups is 1. The third-order valence-corrected chi connectivity index (χ3v) is 3.02. The Bertz CT molecular complexity index is 662. The summed E-state index contributed by atoms with van der Waals surface area (Å²) in [6.45, 7) is 0.104. The fraction of sp³-hybridized carbons (Fsp3) is 0.0714. The van der Waals surface area contributed by atoms with Crippen LogP contribution in [0, 0.1) is 11.6 Å². The Morgan fingerprint density at radius 1 is 1.20 bits per heavy atom. The van der Waals surface area contributed by atoms with Crippen molar-refractivity contribution < 1.29 is 18.7 Å². The fourth-order valence-electron chi connectivity index (χ4n) is 1.66. The van der Waals surface area contributed by atoms with Gasteiger partial charge >= 0.3 is 5.97 Å². The second kappa shape index (κ2) is 5.88. The summed E-state index contributed by atoms with van der Waals surface area (Å²) in [7, 11) is 0. The van der Waals surface area contributed by atoms with E-state index in [9.17, 15) is 13.6 Å². The zero-order chi connectivity index (χ0) is 14.7. The van der Waals surface area contributed by atoms with E-state index in [4.69, 9.17) is 16.7 Å². The minimum atomic E-state index is -1.15. The first kappa shape index (κ1) is 14.3. The largest absolute Gasteiger partial charge is 0.478 e.